The molecule has 0 atom stereocenters. The maximum absolute atomic E-state index is 10.8. The molecule has 1 saturated carbocycles. The van der Waals surface area contributed by atoms with Gasteiger partial charge in [-0.2, -0.15) is 5.10 Å². The predicted molar refractivity (Wildman–Crippen MR) is 256 cm³/mol. The normalized spacial score (nSPS) is 15.9. The lowest BCUT2D eigenvalue weighted by molar-refractivity contribution is -0.126. The number of rotatable bonds is 9. The van der Waals surface area contributed by atoms with Gasteiger partial charge in [0.2, 0.25) is 5.91 Å². The number of amides is 1. The number of aromatic nitrogens is 3. The van der Waals surface area contributed by atoms with E-state index in [1.54, 1.807) is 13.8 Å². The molecule has 3 fully saturated rings. The number of amidine groups is 1. The molecular formula is C48H96N8O3. The highest BCUT2D eigenvalue weighted by atomic mass is 16.5. The SMILES string of the molecule is C.C.CC(=O)CNC(=O)C(C)C.CC(C)C1=NCCN1.CC(C)C1CC1.CC(C)N1CCCC1.CC(C)N1CCOCC1.CC(C)c1ccc[nH]1.CC(C)c1cn[nH]c1. The van der Waals surface area contributed by atoms with E-state index in [4.69, 9.17) is 4.74 Å². The number of aliphatic imine (C=N–C) groups is 1. The lowest BCUT2D eigenvalue weighted by atomic mass is 10.1. The molecule has 0 unspecified atom stereocenters. The van der Waals surface area contributed by atoms with Gasteiger partial charge in [-0.3, -0.25) is 24.6 Å². The van der Waals surface area contributed by atoms with Crippen LogP contribution in [0.5, 0.6) is 0 Å². The number of hydrogen-bond acceptors (Lipinski definition) is 8. The minimum atomic E-state index is -0.0739. The Kier molecular flexibility index (Phi) is 36.5. The molecule has 2 aromatic rings. The molecule has 4 aliphatic rings. The van der Waals surface area contributed by atoms with Crippen LogP contribution in [-0.2, 0) is 14.3 Å². The largest absolute Gasteiger partial charge is 0.379 e. The fourth-order valence-corrected chi connectivity index (χ4v) is 5.61. The lowest BCUT2D eigenvalue weighted by Crippen LogP contribution is -2.40. The minimum Gasteiger partial charge on any atom is -0.379 e. The first-order chi connectivity index (χ1) is 26.9. The van der Waals surface area contributed by atoms with Crippen molar-refractivity contribution in [3.63, 3.8) is 0 Å². The van der Waals surface area contributed by atoms with E-state index in [0.29, 0.717) is 23.8 Å². The quantitative estimate of drug-likeness (QED) is 0.198. The van der Waals surface area contributed by atoms with Crippen molar-refractivity contribution in [2.45, 2.75) is 168 Å². The minimum absolute atomic E-state index is 0. The third kappa shape index (κ3) is 32.4. The molecule has 11 heteroatoms. The highest BCUT2D eigenvalue weighted by molar-refractivity contribution is 5.85. The van der Waals surface area contributed by atoms with Gasteiger partial charge in [0.15, 0.2) is 0 Å². The number of likely N-dealkylation sites (tertiary alicyclic amines) is 1. The van der Waals surface area contributed by atoms with Gasteiger partial charge in [-0.15, -0.1) is 0 Å². The third-order valence-corrected chi connectivity index (χ3v) is 9.92. The molecule has 4 N–H and O–H groups in total. The molecule has 0 spiro atoms. The molecular weight excluding hydrogens is 737 g/mol. The van der Waals surface area contributed by atoms with Gasteiger partial charge in [-0.25, -0.2) is 0 Å². The van der Waals surface area contributed by atoms with Crippen LogP contribution in [0.2, 0.25) is 0 Å². The molecule has 0 bridgehead atoms. The number of carbonyl (C=O) groups is 2. The molecule has 2 saturated heterocycles. The first-order valence-electron chi connectivity index (χ1n) is 22.1. The van der Waals surface area contributed by atoms with Crippen molar-refractivity contribution in [2.75, 3.05) is 59.0 Å². The van der Waals surface area contributed by atoms with Crippen LogP contribution in [0, 0.1) is 23.7 Å². The summed E-state index contributed by atoms with van der Waals surface area (Å²) >= 11 is 0. The van der Waals surface area contributed by atoms with Crippen LogP contribution in [0.15, 0.2) is 35.7 Å². The van der Waals surface area contributed by atoms with Crippen molar-refractivity contribution in [2.24, 2.45) is 28.7 Å². The summed E-state index contributed by atoms with van der Waals surface area (Å²) < 4.78 is 5.21. The topological polar surface area (TPSA) is 131 Å². The van der Waals surface area contributed by atoms with E-state index in [9.17, 15) is 9.59 Å². The second-order valence-electron chi connectivity index (χ2n) is 17.5. The van der Waals surface area contributed by atoms with E-state index in [-0.39, 0.29) is 39.0 Å². The molecule has 3 aliphatic heterocycles. The van der Waals surface area contributed by atoms with Crippen LogP contribution >= 0.6 is 0 Å². The molecule has 6 rings (SSSR count). The fourth-order valence-electron chi connectivity index (χ4n) is 5.61. The summed E-state index contributed by atoms with van der Waals surface area (Å²) in [6, 6.07) is 5.59. The molecule has 1 aliphatic carbocycles. The Morgan fingerprint density at radius 1 is 0.814 bits per heavy atom. The van der Waals surface area contributed by atoms with Crippen LogP contribution in [-0.4, -0.2) is 114 Å². The van der Waals surface area contributed by atoms with Crippen LogP contribution in [0.3, 0.4) is 0 Å². The zero-order valence-corrected chi connectivity index (χ0v) is 39.2. The first kappa shape index (κ1) is 60.3. The van der Waals surface area contributed by atoms with Crippen molar-refractivity contribution in [1.82, 2.24) is 35.6 Å². The van der Waals surface area contributed by atoms with Gasteiger partial charge in [0.1, 0.15) is 5.78 Å². The number of nitrogens with one attached hydrogen (secondary N) is 4. The summed E-state index contributed by atoms with van der Waals surface area (Å²) in [6.07, 6.45) is 11.6. The number of ketones is 1. The summed E-state index contributed by atoms with van der Waals surface area (Å²) in [7, 11) is 0. The van der Waals surface area contributed by atoms with Crippen LogP contribution in [0.4, 0.5) is 0 Å². The smallest absolute Gasteiger partial charge is 0.222 e. The summed E-state index contributed by atoms with van der Waals surface area (Å²) in [6.45, 7) is 40.4. The zero-order valence-electron chi connectivity index (χ0n) is 39.2. The van der Waals surface area contributed by atoms with Crippen molar-refractivity contribution in [1.29, 1.82) is 0 Å². The van der Waals surface area contributed by atoms with E-state index in [2.05, 4.69) is 130 Å². The molecule has 11 nitrogen and oxygen atoms in total. The van der Waals surface area contributed by atoms with E-state index in [1.807, 2.05) is 24.7 Å². The number of morpholine rings is 1. The van der Waals surface area contributed by atoms with Gasteiger partial charge < -0.3 is 25.3 Å². The molecule has 5 heterocycles. The summed E-state index contributed by atoms with van der Waals surface area (Å²) in [5.74, 6) is 4.90. The van der Waals surface area contributed by atoms with Gasteiger partial charge >= 0.3 is 0 Å². The average Bonchev–Trinajstić information content (AvgIpc) is 3.77. The third-order valence-electron chi connectivity index (χ3n) is 9.92. The summed E-state index contributed by atoms with van der Waals surface area (Å²) in [4.78, 5) is 33.5. The Hall–Kier alpha value is -3.02. The Morgan fingerprint density at radius 3 is 1.61 bits per heavy atom. The molecule has 2 aromatic heterocycles. The highest BCUT2D eigenvalue weighted by Crippen LogP contribution is 2.35. The Labute approximate surface area is 364 Å². The van der Waals surface area contributed by atoms with Gasteiger partial charge in [-0.05, 0) is 115 Å². The van der Waals surface area contributed by atoms with Crippen molar-refractivity contribution >= 4 is 17.5 Å². The number of Topliss-reactive ketones (excluding diaryl/α,β-unsaturated/α-hetero) is 1. The van der Waals surface area contributed by atoms with E-state index in [1.165, 1.54) is 62.8 Å². The molecule has 346 valence electrons. The van der Waals surface area contributed by atoms with Gasteiger partial charge in [0.05, 0.1) is 38.3 Å². The fraction of sp³-hybridized carbons (Fsp3) is 0.792. The number of aromatic amines is 2. The van der Waals surface area contributed by atoms with E-state index < -0.39 is 0 Å². The maximum atomic E-state index is 10.8. The van der Waals surface area contributed by atoms with Gasteiger partial charge in [0, 0.05) is 61.6 Å². The Bertz CT molecular complexity index is 1220. The monoisotopic (exact) mass is 833 g/mol. The lowest BCUT2D eigenvalue weighted by Gasteiger charge is -2.29. The number of nitrogens with zero attached hydrogens (tertiary/aromatic N) is 4. The Morgan fingerprint density at radius 2 is 1.37 bits per heavy atom. The number of hydrogen-bond donors (Lipinski definition) is 4. The summed E-state index contributed by atoms with van der Waals surface area (Å²) in [5, 5.41) is 12.3. The molecule has 59 heavy (non-hydrogen) atoms. The average molecular weight is 833 g/mol. The van der Waals surface area contributed by atoms with E-state index >= 15 is 0 Å². The van der Waals surface area contributed by atoms with E-state index in [0.717, 1.165) is 57.3 Å². The molecule has 1 amide bonds. The number of carbonyl (C=O) groups excluding carboxylic acids is 2. The highest BCUT2D eigenvalue weighted by Gasteiger charge is 2.24. The van der Waals surface area contributed by atoms with Crippen LogP contribution < -0.4 is 10.6 Å². The van der Waals surface area contributed by atoms with Gasteiger partial charge in [-0.1, -0.05) is 84.1 Å². The first-order valence-corrected chi connectivity index (χ1v) is 22.1. The predicted octanol–water partition coefficient (Wildman–Crippen LogP) is 10.2. The zero-order chi connectivity index (χ0) is 43.3. The summed E-state index contributed by atoms with van der Waals surface area (Å²) in [5.41, 5.74) is 2.58. The second-order valence-corrected chi connectivity index (χ2v) is 17.5. The van der Waals surface area contributed by atoms with Crippen molar-refractivity contribution in [3.05, 3.63) is 42.0 Å². The Balaban J connectivity index is -0.000000618. The number of ether oxygens (including phenoxy) is 1. The standard InChI is InChI=1S/C7H13NO2.C7H15NO.C7H15N.C7H11N.C6H10N2.C6H12N2.C6H12.2CH4/c1-5(2)7(10)8-4-6(3)9;1-7(2)8-3-5-9-6-4-8;1-7(2)8-5-3-4-6-8;1-6(2)7-4-3-5-8-7;1-5(2)6-3-7-8-4-6;1-5(2)6-7-3-4-8-6;1-5(2)6-3-4-6;;/h5H,4H2,1-3H3,(H,8,10);7H,3-6H2,1-2H3;7H,3-6H2,1-2H3;3-6,8H,1-2H3;3-5H,1-2H3,(H,7,8);5H,3-4H2,1-2H3,(H,7,8);5-6H,3-4H2,1-2H3;2*1H4. The van der Waals surface area contributed by atoms with Crippen molar-refractivity contribution in [3.8, 4) is 0 Å². The number of H-pyrrole nitrogens is 2. The second kappa shape index (κ2) is 35.7. The van der Waals surface area contributed by atoms with Gasteiger partial charge in [0.25, 0.3) is 0 Å². The maximum Gasteiger partial charge on any atom is 0.222 e. The van der Waals surface area contributed by atoms with Crippen LogP contribution in [0.1, 0.15) is 167 Å². The molecule has 0 radical (unpaired) electrons. The van der Waals surface area contributed by atoms with Crippen molar-refractivity contribution < 1.29 is 14.3 Å². The van der Waals surface area contributed by atoms with Crippen LogP contribution in [0.25, 0.3) is 0 Å². The molecule has 0 aromatic carbocycles.